The van der Waals surface area contributed by atoms with Crippen molar-refractivity contribution in [1.82, 2.24) is 9.78 Å². The van der Waals surface area contributed by atoms with Gasteiger partial charge in [0.2, 0.25) is 5.88 Å². The average Bonchev–Trinajstić information content (AvgIpc) is 2.57. The second-order valence-corrected chi connectivity index (χ2v) is 3.72. The van der Waals surface area contributed by atoms with Gasteiger partial charge in [-0.05, 0) is 18.2 Å². The summed E-state index contributed by atoms with van der Waals surface area (Å²) in [6.07, 6.45) is 0.975. The highest BCUT2D eigenvalue weighted by Gasteiger charge is 2.15. The van der Waals surface area contributed by atoms with Crippen LogP contribution in [0.25, 0.3) is 10.9 Å². The Morgan fingerprint density at radius 3 is 3.50 bits per heavy atom. The first-order valence-corrected chi connectivity index (χ1v) is 4.93. The van der Waals surface area contributed by atoms with Crippen LogP contribution in [-0.4, -0.2) is 16.4 Å². The second kappa shape index (κ2) is 2.89. The van der Waals surface area contributed by atoms with Gasteiger partial charge in [-0.15, -0.1) is 0 Å². The van der Waals surface area contributed by atoms with Crippen molar-refractivity contribution < 1.29 is 6.11 Å². The minimum absolute atomic E-state index is 0.314. The molecule has 0 saturated heterocycles. The molecule has 4 heteroatoms. The third kappa shape index (κ3) is 1.09. The van der Waals surface area contributed by atoms with E-state index in [1.54, 1.807) is 12.1 Å². The summed E-state index contributed by atoms with van der Waals surface area (Å²) in [6, 6.07) is 3.74. The summed E-state index contributed by atoms with van der Waals surface area (Å²) in [6.45, 7) is 1.59. The smallest absolute Gasteiger partial charge is 0.219 e. The van der Waals surface area contributed by atoms with E-state index in [1.807, 2.05) is 4.68 Å². The van der Waals surface area contributed by atoms with Crippen molar-refractivity contribution in [1.29, 1.82) is 0 Å². The number of hydrogen-bond donors (Lipinski definition) is 0. The van der Waals surface area contributed by atoms with E-state index in [0.717, 1.165) is 36.4 Å². The summed E-state index contributed by atoms with van der Waals surface area (Å²) in [5.74, 6) is 0.765. The quantitative estimate of drug-likeness (QED) is 0.667. The first-order valence-electron chi connectivity index (χ1n) is 5.05. The van der Waals surface area contributed by atoms with Gasteiger partial charge in [0.1, 0.15) is 0 Å². The van der Waals surface area contributed by atoms with Crippen molar-refractivity contribution in [3.63, 3.8) is 0 Å². The maximum absolute atomic E-state index is 7.63. The molecule has 0 atom stereocenters. The van der Waals surface area contributed by atoms with Gasteiger partial charge in [-0.25, -0.2) is 4.68 Å². The fourth-order valence-corrected chi connectivity index (χ4v) is 1.87. The molecular formula is C10H9ClN2O. The first-order chi connectivity index (χ1) is 7.25. The molecule has 0 saturated carbocycles. The highest BCUT2D eigenvalue weighted by molar-refractivity contribution is 6.31. The van der Waals surface area contributed by atoms with Crippen LogP contribution in [0.15, 0.2) is 18.2 Å². The van der Waals surface area contributed by atoms with Crippen LogP contribution >= 0.6 is 11.6 Å². The number of nitrogens with zero attached hydrogens (tertiary/aromatic N) is 2. The normalized spacial score (nSPS) is 16.2. The number of benzene rings is 1. The van der Waals surface area contributed by atoms with Crippen LogP contribution in [-0.2, 0) is 6.54 Å². The summed E-state index contributed by atoms with van der Waals surface area (Å²) >= 11 is 5.87. The van der Waals surface area contributed by atoms with Gasteiger partial charge in [-0.3, -0.25) is 0 Å². The Morgan fingerprint density at radius 1 is 1.64 bits per heavy atom. The molecule has 1 aromatic heterocycles. The van der Waals surface area contributed by atoms with Gasteiger partial charge in [0.05, 0.1) is 18.9 Å². The number of hydrogen-bond acceptors (Lipinski definition) is 2. The number of ether oxygens (including phenoxy) is 1. The molecule has 1 aromatic carbocycles. The zero-order chi connectivity index (χ0) is 10.4. The van der Waals surface area contributed by atoms with Gasteiger partial charge < -0.3 is 4.74 Å². The van der Waals surface area contributed by atoms with E-state index in [-0.39, 0.29) is 0 Å². The van der Waals surface area contributed by atoms with E-state index in [9.17, 15) is 0 Å². The van der Waals surface area contributed by atoms with E-state index in [1.165, 1.54) is 0 Å². The molecule has 0 bridgehead atoms. The molecule has 2 aromatic rings. The summed E-state index contributed by atoms with van der Waals surface area (Å²) < 4.78 is 15.0. The number of fused-ring (bicyclic) bond motifs is 3. The second-order valence-electron chi connectivity index (χ2n) is 3.31. The number of aromatic nitrogens is 2. The predicted molar refractivity (Wildman–Crippen MR) is 54.9 cm³/mol. The van der Waals surface area contributed by atoms with Crippen LogP contribution < -0.4 is 4.74 Å². The Labute approximate surface area is 87.6 Å². The molecule has 14 heavy (non-hydrogen) atoms. The van der Waals surface area contributed by atoms with Crippen LogP contribution in [0.5, 0.6) is 5.88 Å². The molecule has 3 rings (SSSR count). The molecule has 0 spiro atoms. The zero-order valence-corrected chi connectivity index (χ0v) is 8.21. The van der Waals surface area contributed by atoms with Crippen LogP contribution in [0.2, 0.25) is 5.02 Å². The Morgan fingerprint density at radius 2 is 2.57 bits per heavy atom. The van der Waals surface area contributed by atoms with Crippen molar-refractivity contribution in [3.8, 4) is 5.88 Å². The lowest BCUT2D eigenvalue weighted by molar-refractivity contribution is 0.233. The molecule has 1 aliphatic heterocycles. The zero-order valence-electron chi connectivity index (χ0n) is 8.46. The van der Waals surface area contributed by atoms with Crippen molar-refractivity contribution in [2.45, 2.75) is 13.0 Å². The van der Waals surface area contributed by atoms with Gasteiger partial charge in [0.25, 0.3) is 0 Å². The first kappa shape index (κ1) is 7.12. The molecule has 0 fully saturated rings. The summed E-state index contributed by atoms with van der Waals surface area (Å²) in [7, 11) is 0. The Balaban J connectivity index is 2.33. The standard InChI is InChI=1S/C10H9ClN2O/c11-7-2-3-8-9(6-7)12-13-4-1-5-14-10(8)13/h2-3,6H,1,4-5H2/i2D. The Kier molecular flexibility index (Phi) is 1.47. The summed E-state index contributed by atoms with van der Waals surface area (Å²) in [5, 5.41) is 5.69. The lowest BCUT2D eigenvalue weighted by Gasteiger charge is -2.14. The number of halogens is 1. The van der Waals surface area contributed by atoms with Gasteiger partial charge in [0.15, 0.2) is 0 Å². The number of rotatable bonds is 0. The topological polar surface area (TPSA) is 27.1 Å². The largest absolute Gasteiger partial charge is 0.477 e. The fraction of sp³-hybridized carbons (Fsp3) is 0.300. The molecular weight excluding hydrogens is 200 g/mol. The Bertz CT molecular complexity index is 538. The highest BCUT2D eigenvalue weighted by atomic mass is 35.5. The molecule has 0 unspecified atom stereocenters. The Hall–Kier alpha value is -1.22. The lowest BCUT2D eigenvalue weighted by atomic mass is 10.2. The molecule has 72 valence electrons. The molecule has 3 nitrogen and oxygen atoms in total. The van der Waals surface area contributed by atoms with Crippen LogP contribution in [0.3, 0.4) is 0 Å². The van der Waals surface area contributed by atoms with Crippen LogP contribution in [0.1, 0.15) is 7.79 Å². The third-order valence-electron chi connectivity index (χ3n) is 2.34. The van der Waals surface area contributed by atoms with E-state index in [0.29, 0.717) is 11.1 Å². The van der Waals surface area contributed by atoms with E-state index in [4.69, 9.17) is 17.7 Å². The monoisotopic (exact) mass is 209 g/mol. The van der Waals surface area contributed by atoms with Crippen molar-refractivity contribution in [2.75, 3.05) is 6.61 Å². The van der Waals surface area contributed by atoms with Gasteiger partial charge >= 0.3 is 0 Å². The van der Waals surface area contributed by atoms with Crippen LogP contribution in [0.4, 0.5) is 0 Å². The predicted octanol–water partition coefficient (Wildman–Crippen LogP) is 2.47. The highest BCUT2D eigenvalue weighted by Crippen LogP contribution is 2.29. The SMILES string of the molecule is [2H]c1cc2c3n(nc2cc1Cl)CCCO3. The van der Waals surface area contributed by atoms with E-state index >= 15 is 0 Å². The third-order valence-corrected chi connectivity index (χ3v) is 2.56. The average molecular weight is 210 g/mol. The van der Waals surface area contributed by atoms with Gasteiger partial charge in [-0.1, -0.05) is 11.6 Å². The van der Waals surface area contributed by atoms with Crippen LogP contribution in [0, 0.1) is 0 Å². The maximum Gasteiger partial charge on any atom is 0.219 e. The van der Waals surface area contributed by atoms with Gasteiger partial charge in [-0.2, -0.15) is 5.10 Å². The lowest BCUT2D eigenvalue weighted by Crippen LogP contribution is -2.14. The number of aryl methyl sites for hydroxylation is 1. The summed E-state index contributed by atoms with van der Waals surface area (Å²) in [5.41, 5.74) is 0.799. The van der Waals surface area contributed by atoms with E-state index < -0.39 is 0 Å². The molecule has 1 aliphatic rings. The summed E-state index contributed by atoms with van der Waals surface area (Å²) in [4.78, 5) is 0. The molecule has 0 amide bonds. The van der Waals surface area contributed by atoms with E-state index in [2.05, 4.69) is 5.10 Å². The maximum atomic E-state index is 7.63. The molecule has 0 radical (unpaired) electrons. The molecule has 0 N–H and O–H groups in total. The van der Waals surface area contributed by atoms with Crippen molar-refractivity contribution in [2.24, 2.45) is 0 Å². The van der Waals surface area contributed by atoms with Crippen molar-refractivity contribution >= 4 is 22.5 Å². The van der Waals surface area contributed by atoms with Crippen molar-refractivity contribution in [3.05, 3.63) is 23.2 Å². The molecule has 0 aliphatic carbocycles. The molecule has 2 heterocycles. The minimum Gasteiger partial charge on any atom is -0.477 e. The fourth-order valence-electron chi connectivity index (χ4n) is 1.71. The van der Waals surface area contributed by atoms with Gasteiger partial charge in [0, 0.05) is 18.0 Å². The minimum atomic E-state index is 0.314.